The van der Waals surface area contributed by atoms with Gasteiger partial charge in [0.1, 0.15) is 11.8 Å². The molecule has 1 aliphatic rings. The number of nitro groups is 1. The number of anilines is 1. The van der Waals surface area contributed by atoms with Crippen LogP contribution in [0.3, 0.4) is 0 Å². The van der Waals surface area contributed by atoms with Crippen LogP contribution in [0.15, 0.2) is 18.2 Å². The Bertz CT molecular complexity index is 641. The number of nitrogens with zero attached hydrogens (tertiary/aromatic N) is 3. The Morgan fingerprint density at radius 1 is 1.29 bits per heavy atom. The van der Waals surface area contributed by atoms with E-state index >= 15 is 0 Å². The molecule has 0 saturated carbocycles. The van der Waals surface area contributed by atoms with Crippen LogP contribution in [-0.4, -0.2) is 53.1 Å². The van der Waals surface area contributed by atoms with Gasteiger partial charge in [-0.2, -0.15) is 13.2 Å². The number of aliphatic hydroxyl groups is 1. The van der Waals surface area contributed by atoms with Crippen molar-refractivity contribution in [3.8, 4) is 0 Å². The lowest BCUT2D eigenvalue weighted by Gasteiger charge is -2.36. The van der Waals surface area contributed by atoms with Gasteiger partial charge >= 0.3 is 6.18 Å². The minimum atomic E-state index is -4.66. The van der Waals surface area contributed by atoms with Gasteiger partial charge in [-0.3, -0.25) is 14.9 Å². The predicted octanol–water partition coefficient (Wildman–Crippen LogP) is 1.64. The smallest absolute Gasteiger partial charge is 0.384 e. The number of rotatable bonds is 3. The molecule has 1 amide bonds. The van der Waals surface area contributed by atoms with Crippen LogP contribution in [0.1, 0.15) is 12.5 Å². The van der Waals surface area contributed by atoms with Crippen LogP contribution in [0.2, 0.25) is 0 Å². The number of aliphatic hydroxyl groups excluding tert-OH is 1. The van der Waals surface area contributed by atoms with E-state index in [4.69, 9.17) is 0 Å². The van der Waals surface area contributed by atoms with Gasteiger partial charge in [-0.05, 0) is 19.1 Å². The van der Waals surface area contributed by atoms with Gasteiger partial charge in [-0.1, -0.05) is 0 Å². The molecule has 132 valence electrons. The van der Waals surface area contributed by atoms with E-state index in [1.54, 1.807) is 4.90 Å². The van der Waals surface area contributed by atoms with Gasteiger partial charge in [0, 0.05) is 32.2 Å². The molecule has 0 aliphatic carbocycles. The van der Waals surface area contributed by atoms with E-state index in [2.05, 4.69) is 0 Å². The Kier molecular flexibility index (Phi) is 4.97. The minimum absolute atomic E-state index is 0.0807. The number of hydrogen-bond acceptors (Lipinski definition) is 5. The average Bonchev–Trinajstić information content (AvgIpc) is 2.52. The molecule has 1 aromatic carbocycles. The Balaban J connectivity index is 2.21. The van der Waals surface area contributed by atoms with Crippen LogP contribution in [0.5, 0.6) is 0 Å². The predicted molar refractivity (Wildman–Crippen MR) is 78.6 cm³/mol. The molecule has 1 aliphatic heterocycles. The summed E-state index contributed by atoms with van der Waals surface area (Å²) in [7, 11) is 0. The summed E-state index contributed by atoms with van der Waals surface area (Å²) in [4.78, 5) is 24.9. The average molecular weight is 347 g/mol. The fourth-order valence-electron chi connectivity index (χ4n) is 2.55. The number of carbonyl (C=O) groups excluding carboxylic acids is 1. The highest BCUT2D eigenvalue weighted by Gasteiger charge is 2.34. The lowest BCUT2D eigenvalue weighted by molar-refractivity contribution is -0.384. The first-order valence-electron chi connectivity index (χ1n) is 7.18. The number of carbonyl (C=O) groups is 1. The maximum atomic E-state index is 12.7. The molecule has 1 atom stereocenters. The number of halogens is 3. The molecule has 24 heavy (non-hydrogen) atoms. The maximum absolute atomic E-state index is 12.7. The molecule has 1 fully saturated rings. The summed E-state index contributed by atoms with van der Waals surface area (Å²) in [6.45, 7) is 2.24. The summed E-state index contributed by atoms with van der Waals surface area (Å²) < 4.78 is 38.2. The Morgan fingerprint density at radius 2 is 1.88 bits per heavy atom. The molecular formula is C14H16F3N3O4. The van der Waals surface area contributed by atoms with Gasteiger partial charge < -0.3 is 14.9 Å². The van der Waals surface area contributed by atoms with Crippen LogP contribution in [-0.2, 0) is 11.0 Å². The Morgan fingerprint density at radius 3 is 2.33 bits per heavy atom. The van der Waals surface area contributed by atoms with Gasteiger partial charge in [0.25, 0.3) is 11.6 Å². The van der Waals surface area contributed by atoms with E-state index in [1.807, 2.05) is 0 Å². The van der Waals surface area contributed by atoms with Crippen LogP contribution in [0.25, 0.3) is 0 Å². The molecule has 0 spiro atoms. The molecular weight excluding hydrogens is 331 g/mol. The molecule has 1 N–H and O–H groups in total. The third-order valence-electron chi connectivity index (χ3n) is 3.79. The highest BCUT2D eigenvalue weighted by molar-refractivity contribution is 5.80. The van der Waals surface area contributed by atoms with E-state index < -0.39 is 34.4 Å². The summed E-state index contributed by atoms with van der Waals surface area (Å²) in [5, 5.41) is 20.4. The first kappa shape index (κ1) is 18.0. The summed E-state index contributed by atoms with van der Waals surface area (Å²) in [5.74, 6) is -0.448. The van der Waals surface area contributed by atoms with Crippen LogP contribution in [0, 0.1) is 10.1 Å². The van der Waals surface area contributed by atoms with E-state index in [0.717, 1.165) is 12.1 Å². The number of benzene rings is 1. The van der Waals surface area contributed by atoms with Crippen LogP contribution in [0.4, 0.5) is 24.5 Å². The second-order valence-corrected chi connectivity index (χ2v) is 5.45. The zero-order valence-electron chi connectivity index (χ0n) is 12.8. The lowest BCUT2D eigenvalue weighted by atomic mass is 10.1. The second kappa shape index (κ2) is 6.63. The van der Waals surface area contributed by atoms with Crippen molar-refractivity contribution in [2.75, 3.05) is 31.1 Å². The molecule has 0 aromatic heterocycles. The standard InChI is InChI=1S/C14H16F3N3O4/c1-9(21)13(22)19-6-4-18(5-7-19)11-3-2-10(14(15,16)17)8-12(11)20(23)24/h2-3,8-9,21H,4-7H2,1H3. The molecule has 1 heterocycles. The number of hydrogen-bond donors (Lipinski definition) is 1. The molecule has 2 rings (SSSR count). The lowest BCUT2D eigenvalue weighted by Crippen LogP contribution is -2.51. The monoisotopic (exact) mass is 347 g/mol. The van der Waals surface area contributed by atoms with Crippen molar-refractivity contribution in [1.82, 2.24) is 4.90 Å². The van der Waals surface area contributed by atoms with Crippen molar-refractivity contribution in [3.63, 3.8) is 0 Å². The molecule has 7 nitrogen and oxygen atoms in total. The normalized spacial score (nSPS) is 16.9. The minimum Gasteiger partial charge on any atom is -0.384 e. The largest absolute Gasteiger partial charge is 0.416 e. The van der Waals surface area contributed by atoms with E-state index in [9.17, 15) is 33.2 Å². The van der Waals surface area contributed by atoms with Crippen LogP contribution < -0.4 is 4.90 Å². The first-order chi connectivity index (χ1) is 11.1. The van der Waals surface area contributed by atoms with Crippen molar-refractivity contribution in [3.05, 3.63) is 33.9 Å². The number of amides is 1. The van der Waals surface area contributed by atoms with Gasteiger partial charge in [0.15, 0.2) is 0 Å². The van der Waals surface area contributed by atoms with Gasteiger partial charge in [-0.15, -0.1) is 0 Å². The van der Waals surface area contributed by atoms with Crippen molar-refractivity contribution in [2.24, 2.45) is 0 Å². The number of alkyl halides is 3. The number of nitro benzene ring substituents is 1. The van der Waals surface area contributed by atoms with Crippen molar-refractivity contribution < 1.29 is 28.0 Å². The molecule has 1 unspecified atom stereocenters. The second-order valence-electron chi connectivity index (χ2n) is 5.45. The van der Waals surface area contributed by atoms with Gasteiger partial charge in [-0.25, -0.2) is 0 Å². The molecule has 1 saturated heterocycles. The summed E-state index contributed by atoms with van der Waals surface area (Å²) in [5.41, 5.74) is -1.63. The fraction of sp³-hybridized carbons (Fsp3) is 0.500. The van der Waals surface area contributed by atoms with Crippen LogP contribution >= 0.6 is 0 Å². The summed E-state index contributed by atoms with van der Waals surface area (Å²) in [6.07, 6.45) is -5.80. The van der Waals surface area contributed by atoms with Crippen molar-refractivity contribution >= 4 is 17.3 Å². The number of piperazine rings is 1. The molecule has 10 heteroatoms. The SMILES string of the molecule is CC(O)C(=O)N1CCN(c2ccc(C(F)(F)F)cc2[N+](=O)[O-])CC1. The third kappa shape index (κ3) is 3.75. The highest BCUT2D eigenvalue weighted by Crippen LogP contribution is 2.36. The maximum Gasteiger partial charge on any atom is 0.416 e. The zero-order chi connectivity index (χ0) is 18.1. The van der Waals surface area contributed by atoms with E-state index in [1.165, 1.54) is 11.8 Å². The third-order valence-corrected chi connectivity index (χ3v) is 3.79. The van der Waals surface area contributed by atoms with E-state index in [0.29, 0.717) is 6.07 Å². The van der Waals surface area contributed by atoms with Crippen molar-refractivity contribution in [1.29, 1.82) is 0 Å². The quantitative estimate of drug-likeness (QED) is 0.664. The Labute approximate surface area is 135 Å². The van der Waals surface area contributed by atoms with Gasteiger partial charge in [0.05, 0.1) is 10.5 Å². The molecule has 1 aromatic rings. The molecule has 0 radical (unpaired) electrons. The Hall–Kier alpha value is -2.36. The molecule has 0 bridgehead atoms. The van der Waals surface area contributed by atoms with Gasteiger partial charge in [0.2, 0.25) is 0 Å². The topological polar surface area (TPSA) is 86.9 Å². The zero-order valence-corrected chi connectivity index (χ0v) is 12.8. The summed E-state index contributed by atoms with van der Waals surface area (Å²) >= 11 is 0. The summed E-state index contributed by atoms with van der Waals surface area (Å²) in [6, 6.07) is 2.39. The highest BCUT2D eigenvalue weighted by atomic mass is 19.4. The van der Waals surface area contributed by atoms with Crippen molar-refractivity contribution in [2.45, 2.75) is 19.2 Å². The first-order valence-corrected chi connectivity index (χ1v) is 7.18. The van der Waals surface area contributed by atoms with E-state index in [-0.39, 0.29) is 31.9 Å². The fourth-order valence-corrected chi connectivity index (χ4v) is 2.55.